The number of hydrogen-bond acceptors (Lipinski definition) is 1. The average molecular weight is 187 g/mol. The molecule has 1 aromatic carbocycles. The van der Waals surface area contributed by atoms with Crippen molar-refractivity contribution in [1.82, 2.24) is 0 Å². The molecule has 2 rings (SSSR count). The fourth-order valence-corrected chi connectivity index (χ4v) is 1.70. The lowest BCUT2D eigenvalue weighted by atomic mass is 10.2. The van der Waals surface area contributed by atoms with Crippen molar-refractivity contribution >= 4 is 6.21 Å². The Morgan fingerprint density at radius 2 is 2.00 bits per heavy atom. The smallest absolute Gasteiger partial charge is 0.133 e. The summed E-state index contributed by atoms with van der Waals surface area (Å²) in [4.78, 5) is 0. The highest BCUT2D eigenvalue weighted by atomic mass is 15.6. The van der Waals surface area contributed by atoms with Crippen LogP contribution in [0.1, 0.15) is 12.5 Å². The van der Waals surface area contributed by atoms with Gasteiger partial charge in [-0.3, -0.25) is 0 Å². The van der Waals surface area contributed by atoms with Gasteiger partial charge in [0.1, 0.15) is 19.3 Å². The molecule has 0 amide bonds. The van der Waals surface area contributed by atoms with Gasteiger partial charge in [-0.25, -0.2) is 0 Å². The van der Waals surface area contributed by atoms with E-state index in [9.17, 15) is 0 Å². The molecule has 1 heterocycles. The number of hydrogen-bond donors (Lipinski definition) is 0. The predicted octanol–water partition coefficient (Wildman–Crippen LogP) is 2.54. The second kappa shape index (κ2) is 3.76. The Kier molecular flexibility index (Phi) is 2.46. The average Bonchev–Trinajstić information content (AvgIpc) is 2.69. The first kappa shape index (κ1) is 9.16. The van der Waals surface area contributed by atoms with Gasteiger partial charge in [0.2, 0.25) is 0 Å². The molecule has 1 unspecified atom stereocenters. The van der Waals surface area contributed by atoms with Crippen molar-refractivity contribution in [3.63, 3.8) is 0 Å². The van der Waals surface area contributed by atoms with Gasteiger partial charge in [0.25, 0.3) is 0 Å². The van der Waals surface area contributed by atoms with Crippen molar-refractivity contribution < 1.29 is 4.59 Å². The van der Waals surface area contributed by atoms with E-state index in [1.807, 2.05) is 18.4 Å². The molecule has 0 saturated heterocycles. The molecule has 0 radical (unpaired) electrons. The Balaban J connectivity index is 2.17. The number of nitrogens with zero attached hydrogens (tertiary/aromatic N) is 2. The van der Waals surface area contributed by atoms with Crippen LogP contribution in [0.15, 0.2) is 47.7 Å². The van der Waals surface area contributed by atoms with Gasteiger partial charge in [-0.1, -0.05) is 35.4 Å². The highest BCUT2D eigenvalue weighted by molar-refractivity contribution is 5.71. The van der Waals surface area contributed by atoms with Crippen molar-refractivity contribution in [3.8, 4) is 0 Å². The van der Waals surface area contributed by atoms with Crippen LogP contribution in [0.2, 0.25) is 0 Å². The lowest BCUT2D eigenvalue weighted by molar-refractivity contribution is -0.895. The molecule has 0 spiro atoms. The molecule has 0 N–H and O–H groups in total. The topological polar surface area (TPSA) is 12.4 Å². The highest BCUT2D eigenvalue weighted by Crippen LogP contribution is 2.18. The zero-order valence-corrected chi connectivity index (χ0v) is 8.43. The third kappa shape index (κ3) is 1.75. The fourth-order valence-electron chi connectivity index (χ4n) is 1.70. The molecule has 14 heavy (non-hydrogen) atoms. The maximum Gasteiger partial charge on any atom is 0.133 e. The molecular formula is C12H15N2+. The molecule has 72 valence electrons. The second-order valence-electron chi connectivity index (χ2n) is 3.55. The Bertz CT molecular complexity index is 340. The lowest BCUT2D eigenvalue weighted by Gasteiger charge is -2.24. The summed E-state index contributed by atoms with van der Waals surface area (Å²) in [5, 5.41) is 4.48. The zero-order chi connectivity index (χ0) is 9.86. The summed E-state index contributed by atoms with van der Waals surface area (Å²) in [6, 6.07) is 10.5. The van der Waals surface area contributed by atoms with Crippen molar-refractivity contribution in [1.29, 1.82) is 0 Å². The molecule has 1 atom stereocenters. The van der Waals surface area contributed by atoms with Gasteiger partial charge in [0, 0.05) is 11.6 Å². The molecule has 1 aliphatic rings. The molecule has 0 saturated carbocycles. The maximum absolute atomic E-state index is 4.48. The van der Waals surface area contributed by atoms with Crippen LogP contribution < -0.4 is 0 Å². The molecule has 0 aromatic heterocycles. The standard InChI is InChI=1S/C12H15N2/c1-2-14(10-6-9-13-14)11-12-7-4-3-5-8-12/h3-10H,2,11H2,1H3/q+1. The molecule has 0 bridgehead atoms. The number of benzene rings is 1. The van der Waals surface area contributed by atoms with Crippen LogP contribution in [-0.4, -0.2) is 17.4 Å². The summed E-state index contributed by atoms with van der Waals surface area (Å²) < 4.78 is 0.698. The first-order valence-corrected chi connectivity index (χ1v) is 4.99. The molecule has 1 aliphatic heterocycles. The Morgan fingerprint density at radius 1 is 1.21 bits per heavy atom. The SMILES string of the molecule is CC[N+]1(Cc2ccccc2)C=CC=N1. The van der Waals surface area contributed by atoms with Gasteiger partial charge in [0.15, 0.2) is 0 Å². The van der Waals surface area contributed by atoms with Gasteiger partial charge in [0.05, 0.1) is 6.21 Å². The quantitative estimate of drug-likeness (QED) is 0.645. The highest BCUT2D eigenvalue weighted by Gasteiger charge is 2.24. The third-order valence-corrected chi connectivity index (χ3v) is 2.59. The molecule has 0 aliphatic carbocycles. The van der Waals surface area contributed by atoms with Crippen molar-refractivity contribution in [2.75, 3.05) is 6.54 Å². The van der Waals surface area contributed by atoms with Gasteiger partial charge >= 0.3 is 0 Å². The van der Waals surface area contributed by atoms with Gasteiger partial charge in [-0.2, -0.15) is 4.59 Å². The maximum atomic E-state index is 4.48. The Morgan fingerprint density at radius 3 is 2.57 bits per heavy atom. The predicted molar refractivity (Wildman–Crippen MR) is 58.6 cm³/mol. The van der Waals surface area contributed by atoms with Crippen LogP contribution in [0.25, 0.3) is 0 Å². The van der Waals surface area contributed by atoms with E-state index >= 15 is 0 Å². The zero-order valence-electron chi connectivity index (χ0n) is 8.43. The van der Waals surface area contributed by atoms with Gasteiger partial charge in [-0.15, -0.1) is 0 Å². The van der Waals surface area contributed by atoms with Crippen LogP contribution >= 0.6 is 0 Å². The van der Waals surface area contributed by atoms with E-state index in [2.05, 4.69) is 42.5 Å². The van der Waals surface area contributed by atoms with Gasteiger partial charge in [-0.05, 0) is 6.92 Å². The summed E-state index contributed by atoms with van der Waals surface area (Å²) in [7, 11) is 0. The van der Waals surface area contributed by atoms with Crippen LogP contribution in [-0.2, 0) is 6.54 Å². The van der Waals surface area contributed by atoms with Crippen molar-refractivity contribution in [2.45, 2.75) is 13.5 Å². The first-order valence-electron chi connectivity index (χ1n) is 4.99. The number of quaternary nitrogens is 1. The molecule has 2 nitrogen and oxygen atoms in total. The Hall–Kier alpha value is -1.41. The van der Waals surface area contributed by atoms with Crippen LogP contribution in [0.3, 0.4) is 0 Å². The van der Waals surface area contributed by atoms with Gasteiger partial charge < -0.3 is 0 Å². The monoisotopic (exact) mass is 187 g/mol. The largest absolute Gasteiger partial charge is 0.168 e. The number of rotatable bonds is 3. The van der Waals surface area contributed by atoms with Crippen LogP contribution in [0, 0.1) is 0 Å². The lowest BCUT2D eigenvalue weighted by Crippen LogP contribution is -2.34. The molecule has 1 aromatic rings. The van der Waals surface area contributed by atoms with E-state index in [0.29, 0.717) is 4.59 Å². The summed E-state index contributed by atoms with van der Waals surface area (Å²) in [5.74, 6) is 0. The minimum Gasteiger partial charge on any atom is -0.168 e. The summed E-state index contributed by atoms with van der Waals surface area (Å²) in [6.45, 7) is 4.11. The number of allylic oxidation sites excluding steroid dienone is 1. The van der Waals surface area contributed by atoms with E-state index in [4.69, 9.17) is 0 Å². The van der Waals surface area contributed by atoms with E-state index < -0.39 is 0 Å². The van der Waals surface area contributed by atoms with E-state index in [1.54, 1.807) is 0 Å². The summed E-state index contributed by atoms with van der Waals surface area (Å²) in [6.07, 6.45) is 6.05. The van der Waals surface area contributed by atoms with Crippen LogP contribution in [0.4, 0.5) is 0 Å². The minimum absolute atomic E-state index is 0.698. The third-order valence-electron chi connectivity index (χ3n) is 2.59. The normalized spacial score (nSPS) is 24.4. The first-order chi connectivity index (χ1) is 6.85. The Labute approximate surface area is 84.8 Å². The minimum atomic E-state index is 0.698. The fraction of sp³-hybridized carbons (Fsp3) is 0.250. The molecule has 2 heteroatoms. The van der Waals surface area contributed by atoms with E-state index in [-0.39, 0.29) is 0 Å². The summed E-state index contributed by atoms with van der Waals surface area (Å²) in [5.41, 5.74) is 1.33. The second-order valence-corrected chi connectivity index (χ2v) is 3.55. The van der Waals surface area contributed by atoms with Crippen LogP contribution in [0.5, 0.6) is 0 Å². The van der Waals surface area contributed by atoms with Crippen molar-refractivity contribution in [2.24, 2.45) is 5.10 Å². The molecular weight excluding hydrogens is 172 g/mol. The summed E-state index contributed by atoms with van der Waals surface area (Å²) >= 11 is 0. The van der Waals surface area contributed by atoms with E-state index in [1.165, 1.54) is 5.56 Å². The molecule has 0 fully saturated rings. The van der Waals surface area contributed by atoms with E-state index in [0.717, 1.165) is 13.1 Å². The van der Waals surface area contributed by atoms with Crippen molar-refractivity contribution in [3.05, 3.63) is 48.2 Å².